The molecule has 0 bridgehead atoms. The zero-order valence-electron chi connectivity index (χ0n) is 16.6. The maximum Gasteiger partial charge on any atom is 0.285 e. The van der Waals surface area contributed by atoms with E-state index in [-0.39, 0.29) is 10.9 Å². The van der Waals surface area contributed by atoms with Crippen LogP contribution in [0.1, 0.15) is 5.56 Å². The summed E-state index contributed by atoms with van der Waals surface area (Å²) in [6.45, 7) is 0.404. The molecule has 0 saturated heterocycles. The van der Waals surface area contributed by atoms with Crippen LogP contribution in [0.3, 0.4) is 0 Å². The van der Waals surface area contributed by atoms with Gasteiger partial charge in [0.1, 0.15) is 23.3 Å². The number of halogens is 1. The van der Waals surface area contributed by atoms with Crippen LogP contribution in [0.15, 0.2) is 82.4 Å². The Balaban J connectivity index is 1.55. The zero-order chi connectivity index (χ0) is 22.2. The van der Waals surface area contributed by atoms with Crippen LogP contribution < -0.4 is 15.7 Å². The summed E-state index contributed by atoms with van der Waals surface area (Å²) < 4.78 is 6.76. The first-order chi connectivity index (χ1) is 15.5. The number of nitrogens with zero attached hydrogens (tertiary/aromatic N) is 2. The Bertz CT molecular complexity index is 1580. The number of aromatic hydroxyl groups is 1. The van der Waals surface area contributed by atoms with Gasteiger partial charge in [0, 0.05) is 10.4 Å². The van der Waals surface area contributed by atoms with E-state index in [2.05, 4.69) is 10.1 Å². The SMILES string of the molecule is O=c1c2ccc(Cl)cc2[nH]c2c(O)nn(-c3ccc(OCc4ccccc4)cc3)c(=O)c12. The summed E-state index contributed by atoms with van der Waals surface area (Å²) in [6, 6.07) is 21.0. The van der Waals surface area contributed by atoms with Crippen LogP contribution in [-0.4, -0.2) is 19.9 Å². The van der Waals surface area contributed by atoms with Gasteiger partial charge in [-0.1, -0.05) is 41.9 Å². The molecule has 7 nitrogen and oxygen atoms in total. The van der Waals surface area contributed by atoms with Gasteiger partial charge in [-0.3, -0.25) is 9.59 Å². The third kappa shape index (κ3) is 3.48. The molecule has 0 radical (unpaired) electrons. The fourth-order valence-corrected chi connectivity index (χ4v) is 3.70. The molecule has 0 amide bonds. The second kappa shape index (κ2) is 7.86. The van der Waals surface area contributed by atoms with Crippen molar-refractivity contribution in [3.05, 3.63) is 104 Å². The average Bonchev–Trinajstić information content (AvgIpc) is 2.81. The molecule has 0 unspecified atom stereocenters. The largest absolute Gasteiger partial charge is 0.491 e. The molecule has 0 fully saturated rings. The molecule has 0 aliphatic heterocycles. The van der Waals surface area contributed by atoms with Gasteiger partial charge < -0.3 is 14.8 Å². The number of hydrogen-bond donors (Lipinski definition) is 2. The first-order valence-corrected chi connectivity index (χ1v) is 10.1. The normalized spacial score (nSPS) is 11.2. The van der Waals surface area contributed by atoms with Crippen molar-refractivity contribution in [2.24, 2.45) is 0 Å². The van der Waals surface area contributed by atoms with E-state index in [9.17, 15) is 14.7 Å². The highest BCUT2D eigenvalue weighted by atomic mass is 35.5. The molecule has 0 aliphatic rings. The van der Waals surface area contributed by atoms with Crippen LogP contribution in [0.2, 0.25) is 5.02 Å². The van der Waals surface area contributed by atoms with Gasteiger partial charge in [-0.05, 0) is 48.0 Å². The second-order valence-electron chi connectivity index (χ2n) is 7.20. The van der Waals surface area contributed by atoms with E-state index in [1.165, 1.54) is 6.07 Å². The van der Waals surface area contributed by atoms with Gasteiger partial charge in [0.05, 0.1) is 11.2 Å². The number of aromatic nitrogens is 3. The number of fused-ring (bicyclic) bond motifs is 2. The predicted octanol–water partition coefficient (Wildman–Crippen LogP) is 4.17. The highest BCUT2D eigenvalue weighted by molar-refractivity contribution is 6.31. The van der Waals surface area contributed by atoms with Crippen molar-refractivity contribution >= 4 is 33.4 Å². The molecule has 0 aliphatic carbocycles. The van der Waals surface area contributed by atoms with Crippen LogP contribution in [0.25, 0.3) is 27.5 Å². The molecule has 3 aromatic carbocycles. The molecule has 0 spiro atoms. The Kier molecular flexibility index (Phi) is 4.88. The molecule has 5 aromatic rings. The van der Waals surface area contributed by atoms with Crippen LogP contribution in [-0.2, 0) is 6.61 Å². The topological polar surface area (TPSA) is 97.2 Å². The Labute approximate surface area is 186 Å². The van der Waals surface area contributed by atoms with Crippen molar-refractivity contribution in [1.82, 2.24) is 14.8 Å². The summed E-state index contributed by atoms with van der Waals surface area (Å²) in [5, 5.41) is 15.0. The quantitative estimate of drug-likeness (QED) is 0.405. The standard InChI is InChI=1S/C24H16ClN3O4/c25-15-6-11-18-19(12-15)26-21-20(22(18)29)24(31)28(27-23(21)30)16-7-9-17(10-8-16)32-13-14-4-2-1-3-5-14/h1-12H,13H2,(H,26,29)(H,27,30). The van der Waals surface area contributed by atoms with E-state index in [1.54, 1.807) is 36.4 Å². The van der Waals surface area contributed by atoms with E-state index < -0.39 is 16.9 Å². The molecule has 0 saturated carbocycles. The number of rotatable bonds is 4. The maximum absolute atomic E-state index is 13.1. The van der Waals surface area contributed by atoms with Crippen LogP contribution >= 0.6 is 11.6 Å². The Morgan fingerprint density at radius 3 is 2.50 bits per heavy atom. The van der Waals surface area contributed by atoms with Gasteiger partial charge in [0.2, 0.25) is 5.43 Å². The first-order valence-electron chi connectivity index (χ1n) is 9.76. The van der Waals surface area contributed by atoms with Gasteiger partial charge in [0.15, 0.2) is 0 Å². The number of nitrogens with one attached hydrogen (secondary N) is 1. The smallest absolute Gasteiger partial charge is 0.285 e. The molecule has 8 heteroatoms. The lowest BCUT2D eigenvalue weighted by Crippen LogP contribution is -2.26. The van der Waals surface area contributed by atoms with Gasteiger partial charge >= 0.3 is 0 Å². The van der Waals surface area contributed by atoms with Crippen LogP contribution in [0, 0.1) is 0 Å². The molecule has 32 heavy (non-hydrogen) atoms. The number of hydrogen-bond acceptors (Lipinski definition) is 5. The fourth-order valence-electron chi connectivity index (χ4n) is 3.53. The number of benzene rings is 3. The molecule has 5 rings (SSSR count). The van der Waals surface area contributed by atoms with E-state index in [0.717, 1.165) is 10.2 Å². The Morgan fingerprint density at radius 1 is 1.00 bits per heavy atom. The third-order valence-electron chi connectivity index (χ3n) is 5.12. The Hall–Kier alpha value is -4.10. The van der Waals surface area contributed by atoms with Crippen LogP contribution in [0.4, 0.5) is 0 Å². The number of H-pyrrole nitrogens is 1. The molecule has 2 heterocycles. The summed E-state index contributed by atoms with van der Waals surface area (Å²) in [5.41, 5.74) is 0.632. The Morgan fingerprint density at radius 2 is 1.75 bits per heavy atom. The molecular weight excluding hydrogens is 430 g/mol. The van der Waals surface area contributed by atoms with Crippen molar-refractivity contribution in [3.8, 4) is 17.3 Å². The highest BCUT2D eigenvalue weighted by Crippen LogP contribution is 2.22. The average molecular weight is 446 g/mol. The van der Waals surface area contributed by atoms with Crippen molar-refractivity contribution in [2.75, 3.05) is 0 Å². The van der Waals surface area contributed by atoms with Crippen molar-refractivity contribution in [2.45, 2.75) is 6.61 Å². The summed E-state index contributed by atoms with van der Waals surface area (Å²) in [4.78, 5) is 29.0. The van der Waals surface area contributed by atoms with E-state index in [0.29, 0.717) is 34.0 Å². The van der Waals surface area contributed by atoms with Crippen LogP contribution in [0.5, 0.6) is 11.6 Å². The van der Waals surface area contributed by atoms with Crippen molar-refractivity contribution in [3.63, 3.8) is 0 Å². The van der Waals surface area contributed by atoms with Crippen molar-refractivity contribution < 1.29 is 9.84 Å². The lowest BCUT2D eigenvalue weighted by Gasteiger charge is -2.10. The summed E-state index contributed by atoms with van der Waals surface area (Å²) in [6.07, 6.45) is 0. The number of ether oxygens (including phenoxy) is 1. The monoisotopic (exact) mass is 445 g/mol. The van der Waals surface area contributed by atoms with Gasteiger partial charge in [-0.25, -0.2) is 0 Å². The molecular formula is C24H16ClN3O4. The molecule has 2 N–H and O–H groups in total. The van der Waals surface area contributed by atoms with Gasteiger partial charge in [-0.15, -0.1) is 5.10 Å². The minimum absolute atomic E-state index is 0.0335. The van der Waals surface area contributed by atoms with Gasteiger partial charge in [-0.2, -0.15) is 4.68 Å². The minimum Gasteiger partial charge on any atom is -0.491 e. The molecule has 158 valence electrons. The molecule has 2 aromatic heterocycles. The summed E-state index contributed by atoms with van der Waals surface area (Å²) in [5.74, 6) is 0.138. The number of pyridine rings is 1. The van der Waals surface area contributed by atoms with E-state index >= 15 is 0 Å². The highest BCUT2D eigenvalue weighted by Gasteiger charge is 2.17. The lowest BCUT2D eigenvalue weighted by atomic mass is 10.1. The minimum atomic E-state index is -0.645. The summed E-state index contributed by atoms with van der Waals surface area (Å²) >= 11 is 5.99. The lowest BCUT2D eigenvalue weighted by molar-refractivity contribution is 0.306. The predicted molar refractivity (Wildman–Crippen MR) is 123 cm³/mol. The third-order valence-corrected chi connectivity index (χ3v) is 5.35. The van der Waals surface area contributed by atoms with Crippen molar-refractivity contribution in [1.29, 1.82) is 0 Å². The maximum atomic E-state index is 13.1. The molecule has 0 atom stereocenters. The van der Waals surface area contributed by atoms with E-state index in [1.807, 2.05) is 30.3 Å². The first kappa shape index (κ1) is 19.8. The summed E-state index contributed by atoms with van der Waals surface area (Å²) in [7, 11) is 0. The van der Waals surface area contributed by atoms with E-state index in [4.69, 9.17) is 16.3 Å². The van der Waals surface area contributed by atoms with Gasteiger partial charge in [0.25, 0.3) is 11.4 Å². The fraction of sp³-hybridized carbons (Fsp3) is 0.0417. The zero-order valence-corrected chi connectivity index (χ0v) is 17.3. The second-order valence-corrected chi connectivity index (χ2v) is 7.64. The number of aromatic amines is 1.